The van der Waals surface area contributed by atoms with Crippen LogP contribution in [0.5, 0.6) is 0 Å². The Balaban J connectivity index is 2.21. The van der Waals surface area contributed by atoms with Crippen LogP contribution in [0.3, 0.4) is 0 Å². The summed E-state index contributed by atoms with van der Waals surface area (Å²) in [4.78, 5) is 0. The highest BCUT2D eigenvalue weighted by molar-refractivity contribution is 5.29. The lowest BCUT2D eigenvalue weighted by molar-refractivity contribution is 0.0131. The van der Waals surface area contributed by atoms with Crippen molar-refractivity contribution in [3.05, 3.63) is 35.4 Å². The minimum absolute atomic E-state index is 0.301. The van der Waals surface area contributed by atoms with Gasteiger partial charge in [-0.05, 0) is 44.4 Å². The van der Waals surface area contributed by atoms with Crippen molar-refractivity contribution in [2.24, 2.45) is 0 Å². The Labute approximate surface area is 91.3 Å². The second kappa shape index (κ2) is 3.95. The monoisotopic (exact) mass is 205 g/mol. The molecule has 1 aliphatic heterocycles. The molecule has 2 unspecified atom stereocenters. The summed E-state index contributed by atoms with van der Waals surface area (Å²) in [6.07, 6.45) is 1.65. The van der Waals surface area contributed by atoms with Crippen LogP contribution in [0.1, 0.15) is 36.9 Å². The molecule has 2 rings (SSSR count). The van der Waals surface area contributed by atoms with E-state index >= 15 is 0 Å². The summed E-state index contributed by atoms with van der Waals surface area (Å²) >= 11 is 0. The fourth-order valence-electron chi connectivity index (χ4n) is 2.33. The van der Waals surface area contributed by atoms with Crippen LogP contribution in [0, 0.1) is 6.92 Å². The van der Waals surface area contributed by atoms with Gasteiger partial charge in [0.05, 0.1) is 5.60 Å². The van der Waals surface area contributed by atoms with E-state index in [0.717, 1.165) is 19.4 Å². The zero-order valence-corrected chi connectivity index (χ0v) is 9.46. The predicted octanol–water partition coefficient (Wildman–Crippen LogP) is 2.17. The van der Waals surface area contributed by atoms with Crippen LogP contribution in [0.4, 0.5) is 0 Å². The molecule has 2 N–H and O–H groups in total. The number of aryl methyl sites for hydroxylation is 1. The third kappa shape index (κ3) is 2.39. The molecule has 0 bridgehead atoms. The lowest BCUT2D eigenvalue weighted by atomic mass is 9.85. The molecule has 0 aliphatic carbocycles. The molecule has 2 atom stereocenters. The van der Waals surface area contributed by atoms with Gasteiger partial charge in [-0.2, -0.15) is 0 Å². The molecule has 15 heavy (non-hydrogen) atoms. The minimum Gasteiger partial charge on any atom is -0.390 e. The topological polar surface area (TPSA) is 32.3 Å². The summed E-state index contributed by atoms with van der Waals surface area (Å²) < 4.78 is 0. The molecule has 2 nitrogen and oxygen atoms in total. The van der Waals surface area contributed by atoms with Gasteiger partial charge >= 0.3 is 0 Å². The SMILES string of the molecule is Cc1ccccc1C1CC(C)(O)CCN1. The van der Waals surface area contributed by atoms with Crippen LogP contribution in [0.25, 0.3) is 0 Å². The predicted molar refractivity (Wildman–Crippen MR) is 61.8 cm³/mol. The normalized spacial score (nSPS) is 31.5. The molecular weight excluding hydrogens is 186 g/mol. The van der Waals surface area contributed by atoms with E-state index in [4.69, 9.17) is 0 Å². The highest BCUT2D eigenvalue weighted by atomic mass is 16.3. The van der Waals surface area contributed by atoms with Gasteiger partial charge in [-0.1, -0.05) is 24.3 Å². The molecule has 1 aromatic rings. The zero-order valence-electron chi connectivity index (χ0n) is 9.46. The van der Waals surface area contributed by atoms with Gasteiger partial charge < -0.3 is 10.4 Å². The number of nitrogens with one attached hydrogen (secondary N) is 1. The zero-order chi connectivity index (χ0) is 10.9. The van der Waals surface area contributed by atoms with E-state index in [9.17, 15) is 5.11 Å². The maximum Gasteiger partial charge on any atom is 0.0650 e. The summed E-state index contributed by atoms with van der Waals surface area (Å²) in [5, 5.41) is 13.5. The van der Waals surface area contributed by atoms with E-state index in [1.807, 2.05) is 6.92 Å². The van der Waals surface area contributed by atoms with Crippen LogP contribution >= 0.6 is 0 Å². The molecule has 0 radical (unpaired) electrons. The first kappa shape index (κ1) is 10.7. The number of piperidine rings is 1. The van der Waals surface area contributed by atoms with Crippen molar-refractivity contribution in [2.45, 2.75) is 38.3 Å². The van der Waals surface area contributed by atoms with Crippen LogP contribution in [0.15, 0.2) is 24.3 Å². The van der Waals surface area contributed by atoms with Gasteiger partial charge in [-0.25, -0.2) is 0 Å². The Hall–Kier alpha value is -0.860. The van der Waals surface area contributed by atoms with Crippen LogP contribution in [-0.2, 0) is 0 Å². The molecule has 82 valence electrons. The largest absolute Gasteiger partial charge is 0.390 e. The average molecular weight is 205 g/mol. The number of hydrogen-bond acceptors (Lipinski definition) is 2. The molecule has 0 spiro atoms. The lowest BCUT2D eigenvalue weighted by Crippen LogP contribution is -2.41. The molecule has 0 amide bonds. The Morgan fingerprint density at radius 3 is 2.80 bits per heavy atom. The molecule has 1 fully saturated rings. The summed E-state index contributed by atoms with van der Waals surface area (Å²) in [5.74, 6) is 0. The first-order chi connectivity index (χ1) is 7.08. The molecule has 0 aromatic heterocycles. The standard InChI is InChI=1S/C13H19NO/c1-10-5-3-4-6-11(10)12-9-13(2,15)7-8-14-12/h3-6,12,14-15H,7-9H2,1-2H3. The number of benzene rings is 1. The van der Waals surface area contributed by atoms with Crippen LogP contribution < -0.4 is 5.32 Å². The van der Waals surface area contributed by atoms with Crippen molar-refractivity contribution in [3.8, 4) is 0 Å². The quantitative estimate of drug-likeness (QED) is 0.736. The summed E-state index contributed by atoms with van der Waals surface area (Å²) in [7, 11) is 0. The van der Waals surface area contributed by atoms with E-state index < -0.39 is 5.60 Å². The second-order valence-corrected chi connectivity index (χ2v) is 4.81. The molecule has 1 heterocycles. The second-order valence-electron chi connectivity index (χ2n) is 4.81. The third-order valence-electron chi connectivity index (χ3n) is 3.26. The van der Waals surface area contributed by atoms with E-state index in [-0.39, 0.29) is 0 Å². The highest BCUT2D eigenvalue weighted by Crippen LogP contribution is 2.31. The van der Waals surface area contributed by atoms with Crippen molar-refractivity contribution in [3.63, 3.8) is 0 Å². The Morgan fingerprint density at radius 1 is 1.40 bits per heavy atom. The fourth-order valence-corrected chi connectivity index (χ4v) is 2.33. The smallest absolute Gasteiger partial charge is 0.0650 e. The van der Waals surface area contributed by atoms with Crippen LogP contribution in [0.2, 0.25) is 0 Å². The first-order valence-corrected chi connectivity index (χ1v) is 5.60. The Kier molecular flexibility index (Phi) is 2.81. The van der Waals surface area contributed by atoms with Crippen molar-refractivity contribution < 1.29 is 5.11 Å². The maximum absolute atomic E-state index is 10.1. The first-order valence-electron chi connectivity index (χ1n) is 5.60. The van der Waals surface area contributed by atoms with E-state index in [2.05, 4.69) is 36.5 Å². The van der Waals surface area contributed by atoms with Crippen molar-refractivity contribution in [1.82, 2.24) is 5.32 Å². The Bertz CT molecular complexity index is 346. The van der Waals surface area contributed by atoms with Gasteiger partial charge in [0, 0.05) is 6.04 Å². The van der Waals surface area contributed by atoms with E-state index in [1.165, 1.54) is 11.1 Å². The molecule has 1 aromatic carbocycles. The minimum atomic E-state index is -0.516. The third-order valence-corrected chi connectivity index (χ3v) is 3.26. The molecule has 2 heteroatoms. The summed E-state index contributed by atoms with van der Waals surface area (Å²) in [6, 6.07) is 8.69. The van der Waals surface area contributed by atoms with Crippen LogP contribution in [-0.4, -0.2) is 17.3 Å². The Morgan fingerprint density at radius 2 is 2.13 bits per heavy atom. The molecule has 1 aliphatic rings. The van der Waals surface area contributed by atoms with Gasteiger partial charge in [-0.3, -0.25) is 0 Å². The molecular formula is C13H19NO. The highest BCUT2D eigenvalue weighted by Gasteiger charge is 2.30. The summed E-state index contributed by atoms with van der Waals surface area (Å²) in [5.41, 5.74) is 2.10. The molecule has 0 saturated carbocycles. The van der Waals surface area contributed by atoms with Gasteiger partial charge in [0.2, 0.25) is 0 Å². The van der Waals surface area contributed by atoms with Crippen molar-refractivity contribution in [1.29, 1.82) is 0 Å². The number of hydrogen-bond donors (Lipinski definition) is 2. The van der Waals surface area contributed by atoms with Gasteiger partial charge in [0.1, 0.15) is 0 Å². The van der Waals surface area contributed by atoms with Gasteiger partial charge in [0.25, 0.3) is 0 Å². The number of aliphatic hydroxyl groups is 1. The van der Waals surface area contributed by atoms with E-state index in [0.29, 0.717) is 6.04 Å². The van der Waals surface area contributed by atoms with Crippen molar-refractivity contribution in [2.75, 3.05) is 6.54 Å². The summed E-state index contributed by atoms with van der Waals surface area (Å²) in [6.45, 7) is 4.95. The van der Waals surface area contributed by atoms with E-state index in [1.54, 1.807) is 0 Å². The van der Waals surface area contributed by atoms with Gasteiger partial charge in [-0.15, -0.1) is 0 Å². The van der Waals surface area contributed by atoms with Crippen molar-refractivity contribution >= 4 is 0 Å². The average Bonchev–Trinajstić information content (AvgIpc) is 2.17. The maximum atomic E-state index is 10.1. The fraction of sp³-hybridized carbons (Fsp3) is 0.538. The molecule has 1 saturated heterocycles. The lowest BCUT2D eigenvalue weighted by Gasteiger charge is -2.35. The van der Waals surface area contributed by atoms with Gasteiger partial charge in [0.15, 0.2) is 0 Å². The number of rotatable bonds is 1.